The van der Waals surface area contributed by atoms with Crippen molar-refractivity contribution in [3.8, 4) is 17.6 Å². The summed E-state index contributed by atoms with van der Waals surface area (Å²) in [7, 11) is 0. The maximum absolute atomic E-state index is 12.8. The van der Waals surface area contributed by atoms with Gasteiger partial charge in [-0.1, -0.05) is 37.3 Å². The highest BCUT2D eigenvalue weighted by Crippen LogP contribution is 2.28. The van der Waals surface area contributed by atoms with E-state index in [1.165, 1.54) is 0 Å². The summed E-state index contributed by atoms with van der Waals surface area (Å²) in [6, 6.07) is 17.0. The Hall–Kier alpha value is -3.00. The van der Waals surface area contributed by atoms with E-state index < -0.39 is 0 Å². The van der Waals surface area contributed by atoms with Crippen molar-refractivity contribution in [2.24, 2.45) is 0 Å². The molecule has 2 aromatic carbocycles. The number of carbonyl (C=O) groups excluding carboxylic acids is 1. The van der Waals surface area contributed by atoms with Crippen LogP contribution in [0.15, 0.2) is 48.5 Å². The molecule has 0 saturated carbocycles. The van der Waals surface area contributed by atoms with E-state index in [0.29, 0.717) is 30.2 Å². The molecule has 0 saturated heterocycles. The molecule has 0 fully saturated rings. The van der Waals surface area contributed by atoms with Crippen molar-refractivity contribution in [1.82, 2.24) is 4.90 Å². The molecule has 0 aliphatic heterocycles. The van der Waals surface area contributed by atoms with Crippen LogP contribution in [-0.2, 0) is 11.3 Å². The molecule has 0 aromatic heterocycles. The van der Waals surface area contributed by atoms with Gasteiger partial charge in [-0.05, 0) is 38.0 Å². The normalized spacial score (nSPS) is 11.3. The van der Waals surface area contributed by atoms with Gasteiger partial charge >= 0.3 is 0 Å². The van der Waals surface area contributed by atoms with Crippen LogP contribution in [0.4, 0.5) is 0 Å². The predicted octanol–water partition coefficient (Wildman–Crippen LogP) is 4.16. The average molecular weight is 366 g/mol. The number of benzene rings is 2. The molecule has 142 valence electrons. The first-order chi connectivity index (χ1) is 13.1. The largest absolute Gasteiger partial charge is 0.490 e. The third-order valence-corrected chi connectivity index (χ3v) is 4.36. The Morgan fingerprint density at radius 3 is 2.48 bits per heavy atom. The molecule has 27 heavy (non-hydrogen) atoms. The summed E-state index contributed by atoms with van der Waals surface area (Å²) in [5.41, 5.74) is 1.57. The Bertz CT molecular complexity index is 784. The van der Waals surface area contributed by atoms with Gasteiger partial charge in [0.15, 0.2) is 18.1 Å². The monoisotopic (exact) mass is 366 g/mol. The minimum atomic E-state index is -0.0833. The van der Waals surface area contributed by atoms with Crippen LogP contribution < -0.4 is 9.47 Å². The van der Waals surface area contributed by atoms with Crippen LogP contribution in [0.2, 0.25) is 0 Å². The third-order valence-electron chi connectivity index (χ3n) is 4.36. The molecular formula is C22H26N2O3. The molecule has 0 radical (unpaired) electrons. The van der Waals surface area contributed by atoms with Gasteiger partial charge in [0.2, 0.25) is 0 Å². The minimum absolute atomic E-state index is 0.0802. The van der Waals surface area contributed by atoms with Crippen molar-refractivity contribution < 1.29 is 14.3 Å². The van der Waals surface area contributed by atoms with Gasteiger partial charge in [-0.3, -0.25) is 4.79 Å². The van der Waals surface area contributed by atoms with Crippen LogP contribution in [0.25, 0.3) is 0 Å². The lowest BCUT2D eigenvalue weighted by molar-refractivity contribution is -0.136. The standard InChI is InChI=1S/C22H26N2O3/c1-4-17(3)24(15-18-9-7-6-8-10-18)22(25)16-27-20-12-11-19(14-23)13-21(20)26-5-2/h6-13,17H,4-5,15-16H2,1-3H3. The van der Waals surface area contributed by atoms with E-state index in [4.69, 9.17) is 14.7 Å². The summed E-state index contributed by atoms with van der Waals surface area (Å²) >= 11 is 0. The molecule has 5 nitrogen and oxygen atoms in total. The number of ether oxygens (including phenoxy) is 2. The second-order valence-electron chi connectivity index (χ2n) is 6.26. The molecule has 0 aliphatic rings. The van der Waals surface area contributed by atoms with E-state index in [1.807, 2.05) is 49.1 Å². The predicted molar refractivity (Wildman–Crippen MR) is 105 cm³/mol. The van der Waals surface area contributed by atoms with Crippen LogP contribution in [-0.4, -0.2) is 30.1 Å². The Morgan fingerprint density at radius 1 is 1.11 bits per heavy atom. The summed E-state index contributed by atoms with van der Waals surface area (Å²) in [6.45, 7) is 6.87. The molecule has 0 bridgehead atoms. The maximum atomic E-state index is 12.8. The first-order valence-electron chi connectivity index (χ1n) is 9.22. The molecule has 5 heteroatoms. The molecule has 0 spiro atoms. The highest BCUT2D eigenvalue weighted by Gasteiger charge is 2.20. The Morgan fingerprint density at radius 2 is 1.85 bits per heavy atom. The number of rotatable bonds is 9. The van der Waals surface area contributed by atoms with Crippen molar-refractivity contribution in [2.75, 3.05) is 13.2 Å². The summed E-state index contributed by atoms with van der Waals surface area (Å²) in [5, 5.41) is 9.03. The number of nitriles is 1. The highest BCUT2D eigenvalue weighted by molar-refractivity contribution is 5.78. The SMILES string of the molecule is CCOc1cc(C#N)ccc1OCC(=O)N(Cc1ccccc1)C(C)CC. The van der Waals surface area contributed by atoms with Gasteiger partial charge in [0.1, 0.15) is 0 Å². The lowest BCUT2D eigenvalue weighted by atomic mass is 10.1. The van der Waals surface area contributed by atoms with Gasteiger partial charge in [0.05, 0.1) is 18.2 Å². The van der Waals surface area contributed by atoms with Crippen LogP contribution in [0.5, 0.6) is 11.5 Å². The first kappa shape index (κ1) is 20.3. The Balaban J connectivity index is 2.10. The van der Waals surface area contributed by atoms with Crippen molar-refractivity contribution in [3.05, 3.63) is 59.7 Å². The topological polar surface area (TPSA) is 62.6 Å². The Labute approximate surface area is 161 Å². The zero-order valence-corrected chi connectivity index (χ0v) is 16.1. The second kappa shape index (κ2) is 10.2. The van der Waals surface area contributed by atoms with Crippen LogP contribution in [0.1, 0.15) is 38.3 Å². The van der Waals surface area contributed by atoms with Gasteiger partial charge in [0.25, 0.3) is 5.91 Å². The van der Waals surface area contributed by atoms with Crippen LogP contribution >= 0.6 is 0 Å². The second-order valence-corrected chi connectivity index (χ2v) is 6.26. The quantitative estimate of drug-likeness (QED) is 0.668. The Kier molecular flexibility index (Phi) is 7.69. The number of amides is 1. The number of carbonyl (C=O) groups is 1. The lowest BCUT2D eigenvalue weighted by Crippen LogP contribution is -2.40. The summed E-state index contributed by atoms with van der Waals surface area (Å²) in [5.74, 6) is 0.857. The van der Waals surface area contributed by atoms with Gasteiger partial charge in [-0.2, -0.15) is 5.26 Å². The molecule has 0 aliphatic carbocycles. The van der Waals surface area contributed by atoms with Crippen LogP contribution in [0, 0.1) is 11.3 Å². The number of hydrogen-bond acceptors (Lipinski definition) is 4. The fourth-order valence-electron chi connectivity index (χ4n) is 2.68. The molecule has 1 atom stereocenters. The fourth-order valence-corrected chi connectivity index (χ4v) is 2.68. The van der Waals surface area contributed by atoms with Crippen molar-refractivity contribution >= 4 is 5.91 Å². The van der Waals surface area contributed by atoms with Gasteiger partial charge in [-0.15, -0.1) is 0 Å². The average Bonchev–Trinajstić information content (AvgIpc) is 2.71. The zero-order valence-electron chi connectivity index (χ0n) is 16.1. The first-order valence-corrected chi connectivity index (χ1v) is 9.22. The van der Waals surface area contributed by atoms with E-state index >= 15 is 0 Å². The summed E-state index contributed by atoms with van der Waals surface area (Å²) in [4.78, 5) is 14.7. The molecule has 2 rings (SSSR count). The summed E-state index contributed by atoms with van der Waals surface area (Å²) < 4.78 is 11.3. The molecule has 2 aromatic rings. The number of nitrogens with zero attached hydrogens (tertiary/aromatic N) is 2. The van der Waals surface area contributed by atoms with E-state index in [2.05, 4.69) is 13.0 Å². The maximum Gasteiger partial charge on any atom is 0.261 e. The van der Waals surface area contributed by atoms with E-state index in [-0.39, 0.29) is 18.6 Å². The van der Waals surface area contributed by atoms with Crippen molar-refractivity contribution in [2.45, 2.75) is 39.8 Å². The van der Waals surface area contributed by atoms with Crippen molar-refractivity contribution in [1.29, 1.82) is 5.26 Å². The van der Waals surface area contributed by atoms with E-state index in [1.54, 1.807) is 18.2 Å². The molecule has 0 heterocycles. The smallest absolute Gasteiger partial charge is 0.261 e. The molecule has 1 amide bonds. The van der Waals surface area contributed by atoms with Crippen LogP contribution in [0.3, 0.4) is 0 Å². The molecule has 0 N–H and O–H groups in total. The van der Waals surface area contributed by atoms with Crippen molar-refractivity contribution in [3.63, 3.8) is 0 Å². The lowest BCUT2D eigenvalue weighted by Gasteiger charge is -2.29. The molecular weight excluding hydrogens is 340 g/mol. The van der Waals surface area contributed by atoms with Gasteiger partial charge in [0, 0.05) is 18.7 Å². The van der Waals surface area contributed by atoms with Gasteiger partial charge in [-0.25, -0.2) is 0 Å². The molecule has 1 unspecified atom stereocenters. The summed E-state index contributed by atoms with van der Waals surface area (Å²) in [6.07, 6.45) is 0.861. The minimum Gasteiger partial charge on any atom is -0.490 e. The number of hydrogen-bond donors (Lipinski definition) is 0. The highest BCUT2D eigenvalue weighted by atomic mass is 16.5. The van der Waals surface area contributed by atoms with Gasteiger partial charge < -0.3 is 14.4 Å². The zero-order chi connectivity index (χ0) is 19.6. The third kappa shape index (κ3) is 5.75. The van der Waals surface area contributed by atoms with E-state index in [0.717, 1.165) is 12.0 Å². The van der Waals surface area contributed by atoms with E-state index in [9.17, 15) is 4.79 Å². The fraction of sp³-hybridized carbons (Fsp3) is 0.364.